The van der Waals surface area contributed by atoms with E-state index in [1.54, 1.807) is 23.2 Å². The molecule has 1 amide bonds. The number of amides is 1. The van der Waals surface area contributed by atoms with E-state index in [4.69, 9.17) is 9.84 Å². The molecule has 1 aliphatic carbocycles. The highest BCUT2D eigenvalue weighted by Crippen LogP contribution is 2.35. The van der Waals surface area contributed by atoms with Gasteiger partial charge in [0.2, 0.25) is 5.91 Å². The number of aromatic nitrogens is 4. The molecule has 8 heteroatoms. The first-order valence-electron chi connectivity index (χ1n) is 10.5. The Morgan fingerprint density at radius 2 is 2.12 bits per heavy atom. The minimum atomic E-state index is -1.31. The molecule has 0 radical (unpaired) electrons. The molecule has 0 spiro atoms. The molecule has 2 aliphatic rings. The summed E-state index contributed by atoms with van der Waals surface area (Å²) in [5, 5.41) is 5.47. The lowest BCUT2D eigenvalue weighted by molar-refractivity contribution is -0.125. The van der Waals surface area contributed by atoms with Gasteiger partial charge in [-0.05, 0) is 36.8 Å². The lowest BCUT2D eigenvalue weighted by Gasteiger charge is -2.19. The number of carbonyl (C=O) groups is 1. The molecule has 1 saturated heterocycles. The highest BCUT2D eigenvalue weighted by Gasteiger charge is 2.32. The maximum atomic E-state index is 15.3. The number of allylic oxidation sites excluding steroid dienone is 3. The zero-order valence-electron chi connectivity index (χ0n) is 17.3. The van der Waals surface area contributed by atoms with Crippen LogP contribution in [-0.4, -0.2) is 49.8 Å². The van der Waals surface area contributed by atoms with Gasteiger partial charge in [0.15, 0.2) is 5.65 Å². The molecular weight excluding hydrogens is 409 g/mol. The van der Waals surface area contributed by atoms with Crippen molar-refractivity contribution in [1.82, 2.24) is 24.6 Å². The van der Waals surface area contributed by atoms with Crippen molar-refractivity contribution in [1.29, 1.82) is 0 Å². The van der Waals surface area contributed by atoms with E-state index in [2.05, 4.69) is 16.5 Å². The van der Waals surface area contributed by atoms with Crippen LogP contribution >= 0.6 is 0 Å². The molecule has 7 nitrogen and oxygen atoms in total. The fourth-order valence-electron chi connectivity index (χ4n) is 4.23. The molecule has 3 aromatic rings. The highest BCUT2D eigenvalue weighted by molar-refractivity contribution is 5.87. The third-order valence-corrected chi connectivity index (χ3v) is 5.82. The lowest BCUT2D eigenvalue weighted by Crippen LogP contribution is -2.27. The first-order valence-corrected chi connectivity index (χ1v) is 10.5. The van der Waals surface area contributed by atoms with E-state index in [1.165, 1.54) is 18.5 Å². The van der Waals surface area contributed by atoms with E-state index in [0.717, 1.165) is 6.42 Å². The Morgan fingerprint density at radius 3 is 2.91 bits per heavy atom. The van der Waals surface area contributed by atoms with Crippen LogP contribution in [0.3, 0.4) is 0 Å². The van der Waals surface area contributed by atoms with Gasteiger partial charge in [0, 0.05) is 19.3 Å². The van der Waals surface area contributed by atoms with Gasteiger partial charge in [0.25, 0.3) is 0 Å². The second-order valence-corrected chi connectivity index (χ2v) is 7.83. The fourth-order valence-corrected chi connectivity index (χ4v) is 4.23. The van der Waals surface area contributed by atoms with Crippen molar-refractivity contribution in [2.24, 2.45) is 0 Å². The van der Waals surface area contributed by atoms with Crippen molar-refractivity contribution in [3.05, 3.63) is 85.2 Å². The van der Waals surface area contributed by atoms with Gasteiger partial charge in [-0.3, -0.25) is 4.79 Å². The number of rotatable bonds is 5. The molecule has 2 aromatic heterocycles. The minimum Gasteiger partial charge on any atom is -0.458 e. The van der Waals surface area contributed by atoms with Crippen molar-refractivity contribution >= 4 is 16.9 Å². The number of nitrogens with zero attached hydrogens (tertiary/aromatic N) is 5. The number of hydrogen-bond donors (Lipinski definition) is 0. The van der Waals surface area contributed by atoms with Crippen LogP contribution in [0.2, 0.25) is 0 Å². The monoisotopic (exact) mass is 431 g/mol. The smallest absolute Gasteiger partial charge is 0.246 e. The van der Waals surface area contributed by atoms with Crippen LogP contribution in [-0.2, 0) is 4.79 Å². The number of benzene rings is 1. The molecular formula is C24H22FN5O2. The van der Waals surface area contributed by atoms with E-state index in [0.29, 0.717) is 41.3 Å². The van der Waals surface area contributed by atoms with Crippen molar-refractivity contribution in [3.63, 3.8) is 0 Å². The Kier molecular flexibility index (Phi) is 5.26. The average molecular weight is 431 g/mol. The van der Waals surface area contributed by atoms with E-state index >= 15 is 4.39 Å². The van der Waals surface area contributed by atoms with Crippen LogP contribution in [0.4, 0.5) is 4.39 Å². The normalized spacial score (nSPS) is 22.7. The summed E-state index contributed by atoms with van der Waals surface area (Å²) in [6, 6.07) is 9.23. The Bertz CT molecular complexity index is 1220. The van der Waals surface area contributed by atoms with Gasteiger partial charge in [-0.2, -0.15) is 5.10 Å². The molecule has 0 saturated carbocycles. The first kappa shape index (κ1) is 20.1. The second kappa shape index (κ2) is 8.37. The summed E-state index contributed by atoms with van der Waals surface area (Å²) < 4.78 is 22.8. The van der Waals surface area contributed by atoms with Crippen molar-refractivity contribution in [2.45, 2.75) is 24.6 Å². The van der Waals surface area contributed by atoms with E-state index < -0.39 is 12.1 Å². The summed E-state index contributed by atoms with van der Waals surface area (Å²) >= 11 is 0. The molecule has 32 heavy (non-hydrogen) atoms. The number of hydrogen-bond acceptors (Lipinski definition) is 5. The SMILES string of the molecule is C=CC(=O)N1CC[C@@H](n2nc(C3C=CC(Oc4ccccc4)=CC3F)c3cncnc32)C1. The molecule has 3 heterocycles. The van der Waals surface area contributed by atoms with Gasteiger partial charge in [0.1, 0.15) is 24.0 Å². The molecule has 5 rings (SSSR count). The summed E-state index contributed by atoms with van der Waals surface area (Å²) in [4.78, 5) is 22.3. The van der Waals surface area contributed by atoms with Crippen LogP contribution in [0, 0.1) is 0 Å². The van der Waals surface area contributed by atoms with Crippen LogP contribution in [0.1, 0.15) is 24.1 Å². The van der Waals surface area contributed by atoms with Crippen LogP contribution in [0.15, 0.2) is 79.5 Å². The number of carbonyl (C=O) groups excluding carboxylic acids is 1. The van der Waals surface area contributed by atoms with E-state index in [-0.39, 0.29) is 11.9 Å². The number of fused-ring (bicyclic) bond motifs is 1. The summed E-state index contributed by atoms with van der Waals surface area (Å²) in [5.41, 5.74) is 1.22. The molecule has 1 fully saturated rings. The minimum absolute atomic E-state index is 0.0387. The fraction of sp³-hybridized carbons (Fsp3) is 0.250. The molecule has 0 bridgehead atoms. The third-order valence-electron chi connectivity index (χ3n) is 5.82. The van der Waals surface area contributed by atoms with Gasteiger partial charge >= 0.3 is 0 Å². The molecule has 1 aromatic carbocycles. The molecule has 3 atom stereocenters. The zero-order chi connectivity index (χ0) is 22.1. The molecule has 162 valence electrons. The van der Waals surface area contributed by atoms with Crippen molar-refractivity contribution in [2.75, 3.05) is 13.1 Å². The average Bonchev–Trinajstić information content (AvgIpc) is 3.45. The third kappa shape index (κ3) is 3.68. The van der Waals surface area contributed by atoms with Gasteiger partial charge in [0.05, 0.1) is 23.0 Å². The lowest BCUT2D eigenvalue weighted by atomic mass is 9.93. The Balaban J connectivity index is 1.42. The Labute approximate surface area is 184 Å². The number of alkyl halides is 1. The number of halogens is 1. The number of para-hydroxylation sites is 1. The van der Waals surface area contributed by atoms with Crippen molar-refractivity contribution in [3.8, 4) is 5.75 Å². The predicted molar refractivity (Wildman–Crippen MR) is 118 cm³/mol. The maximum Gasteiger partial charge on any atom is 0.246 e. The van der Waals surface area contributed by atoms with Gasteiger partial charge in [-0.15, -0.1) is 0 Å². The maximum absolute atomic E-state index is 15.3. The van der Waals surface area contributed by atoms with Gasteiger partial charge in [-0.25, -0.2) is 19.0 Å². The van der Waals surface area contributed by atoms with Crippen LogP contribution in [0.5, 0.6) is 5.75 Å². The molecule has 1 aliphatic heterocycles. The molecule has 0 N–H and O–H groups in total. The van der Waals surface area contributed by atoms with E-state index in [1.807, 2.05) is 35.0 Å². The highest BCUT2D eigenvalue weighted by atomic mass is 19.1. The summed E-state index contributed by atoms with van der Waals surface area (Å²) in [6.45, 7) is 4.69. The number of likely N-dealkylation sites (tertiary alicyclic amines) is 1. The predicted octanol–water partition coefficient (Wildman–Crippen LogP) is 3.74. The first-order chi connectivity index (χ1) is 15.6. The zero-order valence-corrected chi connectivity index (χ0v) is 17.3. The number of ether oxygens (including phenoxy) is 1. The van der Waals surface area contributed by atoms with Crippen LogP contribution < -0.4 is 4.74 Å². The Morgan fingerprint density at radius 1 is 1.28 bits per heavy atom. The Hall–Kier alpha value is -3.81. The summed E-state index contributed by atoms with van der Waals surface area (Å²) in [7, 11) is 0. The van der Waals surface area contributed by atoms with Crippen molar-refractivity contribution < 1.29 is 13.9 Å². The largest absolute Gasteiger partial charge is 0.458 e. The topological polar surface area (TPSA) is 73.1 Å². The summed E-state index contributed by atoms with van der Waals surface area (Å²) in [5.74, 6) is 0.417. The van der Waals surface area contributed by atoms with Gasteiger partial charge < -0.3 is 9.64 Å². The summed E-state index contributed by atoms with van der Waals surface area (Å²) in [6.07, 6.45) is 8.88. The molecule has 2 unspecified atom stereocenters. The van der Waals surface area contributed by atoms with E-state index in [9.17, 15) is 4.79 Å². The van der Waals surface area contributed by atoms with Crippen LogP contribution in [0.25, 0.3) is 11.0 Å². The standard InChI is InChI=1S/C24H22FN5O2/c1-2-22(31)29-11-10-16(14-29)30-24-20(13-26-15-27-24)23(28-30)19-9-8-18(12-21(19)25)32-17-6-4-3-5-7-17/h2-9,12-13,15-16,19,21H,1,10-11,14H2/t16-,19?,21?/m1/s1. The second-order valence-electron chi connectivity index (χ2n) is 7.83. The quantitative estimate of drug-likeness (QED) is 0.576. The van der Waals surface area contributed by atoms with Gasteiger partial charge in [-0.1, -0.05) is 30.9 Å².